The molecule has 1 aliphatic carbocycles. The Morgan fingerprint density at radius 2 is 1.74 bits per heavy atom. The highest BCUT2D eigenvalue weighted by molar-refractivity contribution is 5.78. The maximum absolute atomic E-state index is 13.1. The number of methoxy groups -OCH3 is 2. The minimum atomic E-state index is -0.727. The first-order valence-corrected chi connectivity index (χ1v) is 15.2. The van der Waals surface area contributed by atoms with Gasteiger partial charge in [0.1, 0.15) is 0 Å². The van der Waals surface area contributed by atoms with E-state index in [-0.39, 0.29) is 23.7 Å². The van der Waals surface area contributed by atoms with Gasteiger partial charge in [-0.3, -0.25) is 4.79 Å². The summed E-state index contributed by atoms with van der Waals surface area (Å²) in [5.41, 5.74) is 7.73. The predicted molar refractivity (Wildman–Crippen MR) is 158 cm³/mol. The van der Waals surface area contributed by atoms with Crippen LogP contribution in [-0.2, 0) is 16.0 Å². The highest BCUT2D eigenvalue weighted by Gasteiger charge is 2.30. The van der Waals surface area contributed by atoms with Gasteiger partial charge < -0.3 is 30.4 Å². The molecule has 1 aliphatic rings. The van der Waals surface area contributed by atoms with Gasteiger partial charge in [-0.15, -0.1) is 0 Å². The Balaban J connectivity index is 1.97. The van der Waals surface area contributed by atoms with Crippen molar-refractivity contribution in [1.82, 2.24) is 5.32 Å². The fourth-order valence-electron chi connectivity index (χ4n) is 5.63. The normalized spacial score (nSPS) is 17.6. The number of hydrogen-bond donors (Lipinski definition) is 3. The lowest BCUT2D eigenvalue weighted by Crippen LogP contribution is -2.43. The molecule has 39 heavy (non-hydrogen) atoms. The molecule has 7 heteroatoms. The number of ether oxygens (including phenoxy) is 3. The van der Waals surface area contributed by atoms with Gasteiger partial charge in [0.2, 0.25) is 5.91 Å². The van der Waals surface area contributed by atoms with Crippen LogP contribution in [-0.4, -0.2) is 57.1 Å². The first-order valence-electron chi connectivity index (χ1n) is 15.2. The highest BCUT2D eigenvalue weighted by atomic mass is 16.5. The standard InChI is InChI=1S/C32H56N2O5/c1-22(2)26(17-25-13-14-30(38-6)31(18-25)39-16-10-15-37-5)19-28(33)29(35)20-27(23(3)4)32(36)34-21-24-11-8-7-9-12-24/h13-14,18,22-24,26-29,35H,7-12,15-17,19-21,33H2,1-6H3,(H,34,36)/t26-,27-,28-,29-/m0/s1. The van der Waals surface area contributed by atoms with Gasteiger partial charge in [-0.05, 0) is 73.5 Å². The molecular weight excluding hydrogens is 492 g/mol. The van der Waals surface area contributed by atoms with Crippen LogP contribution < -0.4 is 20.5 Å². The third kappa shape index (κ3) is 11.7. The first kappa shape index (κ1) is 33.4. The van der Waals surface area contributed by atoms with Crippen molar-refractivity contribution in [2.75, 3.05) is 34.0 Å². The van der Waals surface area contributed by atoms with Gasteiger partial charge in [0, 0.05) is 38.6 Å². The van der Waals surface area contributed by atoms with Crippen LogP contribution in [0.3, 0.4) is 0 Å². The number of benzene rings is 1. The van der Waals surface area contributed by atoms with E-state index in [1.807, 2.05) is 6.07 Å². The Morgan fingerprint density at radius 3 is 2.36 bits per heavy atom. The second-order valence-corrected chi connectivity index (χ2v) is 12.2. The van der Waals surface area contributed by atoms with Crippen molar-refractivity contribution in [2.45, 2.75) is 97.6 Å². The molecule has 1 aromatic rings. The number of carbonyl (C=O) groups excluding carboxylic acids is 1. The van der Waals surface area contributed by atoms with Crippen molar-refractivity contribution in [2.24, 2.45) is 35.3 Å². The van der Waals surface area contributed by atoms with Crippen LogP contribution in [0.2, 0.25) is 0 Å². The molecule has 0 spiro atoms. The highest BCUT2D eigenvalue weighted by Crippen LogP contribution is 2.32. The average molecular weight is 549 g/mol. The number of hydrogen-bond acceptors (Lipinski definition) is 6. The minimum absolute atomic E-state index is 0.0542. The molecule has 4 N–H and O–H groups in total. The molecule has 0 aliphatic heterocycles. The zero-order valence-corrected chi connectivity index (χ0v) is 25.4. The zero-order valence-electron chi connectivity index (χ0n) is 25.4. The van der Waals surface area contributed by atoms with E-state index in [2.05, 4.69) is 45.1 Å². The maximum atomic E-state index is 13.1. The van der Waals surface area contributed by atoms with Gasteiger partial charge in [0.15, 0.2) is 11.5 Å². The number of nitrogens with one attached hydrogen (secondary N) is 1. The minimum Gasteiger partial charge on any atom is -0.493 e. The van der Waals surface area contributed by atoms with Crippen molar-refractivity contribution < 1.29 is 24.1 Å². The average Bonchev–Trinajstić information content (AvgIpc) is 2.92. The van der Waals surface area contributed by atoms with Crippen molar-refractivity contribution in [3.05, 3.63) is 23.8 Å². The molecule has 0 heterocycles. The molecule has 224 valence electrons. The first-order chi connectivity index (χ1) is 18.7. The molecule has 0 bridgehead atoms. The van der Waals surface area contributed by atoms with Gasteiger partial charge in [-0.2, -0.15) is 0 Å². The lowest BCUT2D eigenvalue weighted by Gasteiger charge is -2.30. The summed E-state index contributed by atoms with van der Waals surface area (Å²) in [4.78, 5) is 13.1. The summed E-state index contributed by atoms with van der Waals surface area (Å²) in [6, 6.07) is 5.68. The third-order valence-corrected chi connectivity index (χ3v) is 8.41. The topological polar surface area (TPSA) is 103 Å². The molecule has 0 radical (unpaired) electrons. The summed E-state index contributed by atoms with van der Waals surface area (Å²) in [6.07, 6.45) is 8.21. The zero-order chi connectivity index (χ0) is 28.8. The fraction of sp³-hybridized carbons (Fsp3) is 0.781. The predicted octanol–water partition coefficient (Wildman–Crippen LogP) is 5.36. The molecule has 7 nitrogen and oxygen atoms in total. The Bertz CT molecular complexity index is 825. The largest absolute Gasteiger partial charge is 0.493 e. The summed E-state index contributed by atoms with van der Waals surface area (Å²) < 4.78 is 16.6. The molecule has 0 unspecified atom stereocenters. The van der Waals surface area contributed by atoms with E-state index in [1.165, 1.54) is 32.1 Å². The summed E-state index contributed by atoms with van der Waals surface area (Å²) in [5.74, 6) is 2.65. The van der Waals surface area contributed by atoms with E-state index in [4.69, 9.17) is 19.9 Å². The lowest BCUT2D eigenvalue weighted by molar-refractivity contribution is -0.127. The van der Waals surface area contributed by atoms with E-state index in [1.54, 1.807) is 14.2 Å². The molecular formula is C32H56N2O5. The number of amides is 1. The van der Waals surface area contributed by atoms with Crippen molar-refractivity contribution in [3.63, 3.8) is 0 Å². The second-order valence-electron chi connectivity index (χ2n) is 12.2. The maximum Gasteiger partial charge on any atom is 0.223 e. The smallest absolute Gasteiger partial charge is 0.223 e. The van der Waals surface area contributed by atoms with Crippen LogP contribution in [0.15, 0.2) is 18.2 Å². The quantitative estimate of drug-likeness (QED) is 0.213. The van der Waals surface area contributed by atoms with E-state index in [0.29, 0.717) is 43.6 Å². The van der Waals surface area contributed by atoms with Gasteiger partial charge in [0.25, 0.3) is 0 Å². The van der Waals surface area contributed by atoms with Crippen LogP contribution in [0.5, 0.6) is 11.5 Å². The van der Waals surface area contributed by atoms with Crippen LogP contribution in [0, 0.1) is 29.6 Å². The summed E-state index contributed by atoms with van der Waals surface area (Å²) >= 11 is 0. The molecule has 4 atom stereocenters. The van der Waals surface area contributed by atoms with Gasteiger partial charge in [-0.25, -0.2) is 0 Å². The summed E-state index contributed by atoms with van der Waals surface area (Å²) in [7, 11) is 3.33. The molecule has 1 saturated carbocycles. The molecule has 0 aromatic heterocycles. The van der Waals surface area contributed by atoms with Gasteiger partial charge >= 0.3 is 0 Å². The number of aliphatic hydroxyl groups is 1. The number of rotatable bonds is 18. The number of aliphatic hydroxyl groups excluding tert-OH is 1. The van der Waals surface area contributed by atoms with Crippen LogP contribution in [0.1, 0.15) is 84.6 Å². The van der Waals surface area contributed by atoms with Crippen molar-refractivity contribution in [1.29, 1.82) is 0 Å². The Morgan fingerprint density at radius 1 is 1.03 bits per heavy atom. The Kier molecular flexibility index (Phi) is 15.2. The van der Waals surface area contributed by atoms with Crippen molar-refractivity contribution >= 4 is 5.91 Å². The molecule has 1 aromatic carbocycles. The van der Waals surface area contributed by atoms with E-state index in [0.717, 1.165) is 30.7 Å². The third-order valence-electron chi connectivity index (χ3n) is 8.41. The summed E-state index contributed by atoms with van der Waals surface area (Å²) in [5, 5.41) is 14.3. The van der Waals surface area contributed by atoms with Crippen LogP contribution in [0.25, 0.3) is 0 Å². The van der Waals surface area contributed by atoms with E-state index >= 15 is 0 Å². The monoisotopic (exact) mass is 548 g/mol. The second kappa shape index (κ2) is 17.8. The Hall–Kier alpha value is -1.83. The van der Waals surface area contributed by atoms with E-state index in [9.17, 15) is 9.90 Å². The number of carbonyl (C=O) groups is 1. The molecule has 2 rings (SSSR count). The molecule has 1 amide bonds. The summed E-state index contributed by atoms with van der Waals surface area (Å²) in [6.45, 7) is 10.5. The van der Waals surface area contributed by atoms with Crippen LogP contribution in [0.4, 0.5) is 0 Å². The van der Waals surface area contributed by atoms with Crippen molar-refractivity contribution in [3.8, 4) is 11.5 Å². The molecule has 1 fully saturated rings. The lowest BCUT2D eigenvalue weighted by atomic mass is 9.80. The van der Waals surface area contributed by atoms with Crippen LogP contribution >= 0.6 is 0 Å². The molecule has 0 saturated heterocycles. The van der Waals surface area contributed by atoms with E-state index < -0.39 is 12.1 Å². The Labute approximate surface area is 237 Å². The van der Waals surface area contributed by atoms with Gasteiger partial charge in [0.05, 0.1) is 19.8 Å². The SMILES string of the molecule is COCCCOc1cc(C[C@@H](C[C@H](N)[C@@H](O)C[C@H](C(=O)NCC2CCCCC2)C(C)C)C(C)C)ccc1OC. The number of nitrogens with two attached hydrogens (primary N) is 1. The van der Waals surface area contributed by atoms with Gasteiger partial charge in [-0.1, -0.05) is 53.0 Å². The fourth-order valence-corrected chi connectivity index (χ4v) is 5.63.